The van der Waals surface area contributed by atoms with Crippen LogP contribution in [-0.2, 0) is 0 Å². The second-order valence-electron chi connectivity index (χ2n) is 3.41. The SMILES string of the molecule is CC(C)C#Cc1ccccc1C(=O)C#N. The van der Waals surface area contributed by atoms with E-state index in [2.05, 4.69) is 11.8 Å². The third-order valence-electron chi connectivity index (χ3n) is 1.77. The molecule has 2 nitrogen and oxygen atoms in total. The topological polar surface area (TPSA) is 40.9 Å². The summed E-state index contributed by atoms with van der Waals surface area (Å²) in [6.45, 7) is 3.95. The number of ketones is 1. The molecule has 0 unspecified atom stereocenters. The van der Waals surface area contributed by atoms with Gasteiger partial charge in [-0.1, -0.05) is 37.8 Å². The summed E-state index contributed by atoms with van der Waals surface area (Å²) >= 11 is 0. The number of carbonyl (C=O) groups is 1. The van der Waals surface area contributed by atoms with Gasteiger partial charge in [-0.25, -0.2) is 0 Å². The maximum absolute atomic E-state index is 11.3. The highest BCUT2D eigenvalue weighted by molar-refractivity contribution is 6.09. The van der Waals surface area contributed by atoms with E-state index in [1.54, 1.807) is 30.3 Å². The smallest absolute Gasteiger partial charge is 0.263 e. The first-order valence-corrected chi connectivity index (χ1v) is 4.70. The van der Waals surface area contributed by atoms with Crippen LogP contribution < -0.4 is 0 Å². The lowest BCUT2D eigenvalue weighted by atomic mass is 10.0. The Balaban J connectivity index is 3.16. The van der Waals surface area contributed by atoms with E-state index in [0.717, 1.165) is 0 Å². The summed E-state index contributed by atoms with van der Waals surface area (Å²) in [5.74, 6) is 5.58. The zero-order chi connectivity index (χ0) is 11.3. The molecular weight excluding hydrogens is 186 g/mol. The molecule has 0 aromatic heterocycles. The van der Waals surface area contributed by atoms with Gasteiger partial charge in [0, 0.05) is 17.0 Å². The first-order valence-electron chi connectivity index (χ1n) is 4.70. The second-order valence-corrected chi connectivity index (χ2v) is 3.41. The number of Topliss-reactive ketones (excluding diaryl/α,β-unsaturated/α-hetero) is 1. The Labute approximate surface area is 89.5 Å². The van der Waals surface area contributed by atoms with Gasteiger partial charge in [-0.3, -0.25) is 4.79 Å². The number of carbonyl (C=O) groups excluding carboxylic acids is 1. The molecule has 0 aliphatic rings. The van der Waals surface area contributed by atoms with Crippen molar-refractivity contribution in [2.75, 3.05) is 0 Å². The average molecular weight is 197 g/mol. The predicted octanol–water partition coefficient (Wildman–Crippen LogP) is 2.40. The van der Waals surface area contributed by atoms with Crippen molar-refractivity contribution in [3.05, 3.63) is 35.4 Å². The molecule has 1 aromatic rings. The number of benzene rings is 1. The van der Waals surface area contributed by atoms with Gasteiger partial charge in [0.1, 0.15) is 6.07 Å². The molecule has 0 saturated heterocycles. The van der Waals surface area contributed by atoms with Crippen molar-refractivity contribution in [1.29, 1.82) is 5.26 Å². The minimum atomic E-state index is -0.538. The largest absolute Gasteiger partial charge is 0.277 e. The molecule has 0 spiro atoms. The molecule has 0 heterocycles. The maximum Gasteiger partial charge on any atom is 0.263 e. The summed E-state index contributed by atoms with van der Waals surface area (Å²) < 4.78 is 0. The van der Waals surface area contributed by atoms with Gasteiger partial charge in [0.25, 0.3) is 5.78 Å². The Morgan fingerprint density at radius 1 is 1.33 bits per heavy atom. The first kappa shape index (κ1) is 11.0. The van der Waals surface area contributed by atoms with Crippen molar-refractivity contribution in [1.82, 2.24) is 0 Å². The lowest BCUT2D eigenvalue weighted by Crippen LogP contribution is -1.98. The van der Waals surface area contributed by atoms with Crippen molar-refractivity contribution in [3.63, 3.8) is 0 Å². The van der Waals surface area contributed by atoms with Crippen LogP contribution in [0.15, 0.2) is 24.3 Å². The van der Waals surface area contributed by atoms with Crippen LogP contribution in [0.2, 0.25) is 0 Å². The molecule has 1 aromatic carbocycles. The third-order valence-corrected chi connectivity index (χ3v) is 1.77. The Hall–Kier alpha value is -2.06. The van der Waals surface area contributed by atoms with Crippen LogP contribution in [0.5, 0.6) is 0 Å². The summed E-state index contributed by atoms with van der Waals surface area (Å²) in [6, 6.07) is 8.50. The highest BCUT2D eigenvalue weighted by Gasteiger charge is 2.07. The average Bonchev–Trinajstić information content (AvgIpc) is 2.25. The Morgan fingerprint density at radius 3 is 2.60 bits per heavy atom. The number of hydrogen-bond donors (Lipinski definition) is 0. The molecule has 0 fully saturated rings. The van der Waals surface area contributed by atoms with E-state index in [4.69, 9.17) is 5.26 Å². The van der Waals surface area contributed by atoms with Gasteiger partial charge < -0.3 is 0 Å². The lowest BCUT2D eigenvalue weighted by molar-refractivity contribution is 0.105. The number of nitrogens with zero attached hydrogens (tertiary/aromatic N) is 1. The van der Waals surface area contributed by atoms with Crippen LogP contribution in [0.4, 0.5) is 0 Å². The zero-order valence-corrected chi connectivity index (χ0v) is 8.74. The molecule has 0 amide bonds. The fraction of sp³-hybridized carbons (Fsp3) is 0.231. The van der Waals surface area contributed by atoms with Gasteiger partial charge in [-0.2, -0.15) is 5.26 Å². The van der Waals surface area contributed by atoms with Gasteiger partial charge in [0.2, 0.25) is 0 Å². The van der Waals surface area contributed by atoms with Crippen LogP contribution in [0, 0.1) is 29.1 Å². The molecule has 0 aliphatic carbocycles. The molecule has 0 radical (unpaired) electrons. The van der Waals surface area contributed by atoms with Crippen LogP contribution in [0.3, 0.4) is 0 Å². The van der Waals surface area contributed by atoms with Crippen LogP contribution in [0.1, 0.15) is 29.8 Å². The summed E-state index contributed by atoms with van der Waals surface area (Å²) in [5.41, 5.74) is 1.01. The summed E-state index contributed by atoms with van der Waals surface area (Å²) in [6.07, 6.45) is 0. The Morgan fingerprint density at radius 2 is 2.00 bits per heavy atom. The van der Waals surface area contributed by atoms with E-state index in [-0.39, 0.29) is 5.92 Å². The summed E-state index contributed by atoms with van der Waals surface area (Å²) in [7, 11) is 0. The fourth-order valence-electron chi connectivity index (χ4n) is 1.07. The second kappa shape index (κ2) is 4.98. The van der Waals surface area contributed by atoms with Crippen molar-refractivity contribution in [2.24, 2.45) is 5.92 Å². The molecule has 0 aliphatic heterocycles. The van der Waals surface area contributed by atoms with Gasteiger partial charge >= 0.3 is 0 Å². The molecule has 0 atom stereocenters. The third kappa shape index (κ3) is 2.97. The molecule has 2 heteroatoms. The molecule has 0 N–H and O–H groups in total. The van der Waals surface area contributed by atoms with Gasteiger partial charge in [0.15, 0.2) is 0 Å². The predicted molar refractivity (Wildman–Crippen MR) is 58.1 cm³/mol. The normalized spacial score (nSPS) is 8.93. The highest BCUT2D eigenvalue weighted by Crippen LogP contribution is 2.08. The zero-order valence-electron chi connectivity index (χ0n) is 8.74. The van der Waals surface area contributed by atoms with E-state index in [0.29, 0.717) is 11.1 Å². The summed E-state index contributed by atoms with van der Waals surface area (Å²) in [4.78, 5) is 11.3. The number of rotatable bonds is 1. The standard InChI is InChI=1S/C13H11NO/c1-10(2)7-8-11-5-3-4-6-12(11)13(15)9-14/h3-6,10H,1-2H3. The van der Waals surface area contributed by atoms with Gasteiger partial charge in [-0.05, 0) is 12.1 Å². The molecule has 74 valence electrons. The van der Waals surface area contributed by atoms with Crippen LogP contribution in [0.25, 0.3) is 0 Å². The minimum absolute atomic E-state index is 0.246. The number of hydrogen-bond acceptors (Lipinski definition) is 2. The molecule has 0 bridgehead atoms. The van der Waals surface area contributed by atoms with Crippen molar-refractivity contribution < 1.29 is 4.79 Å². The van der Waals surface area contributed by atoms with Crippen LogP contribution in [-0.4, -0.2) is 5.78 Å². The monoisotopic (exact) mass is 197 g/mol. The first-order chi connectivity index (χ1) is 7.15. The van der Waals surface area contributed by atoms with E-state index in [9.17, 15) is 4.79 Å². The van der Waals surface area contributed by atoms with E-state index in [1.807, 2.05) is 13.8 Å². The van der Waals surface area contributed by atoms with Crippen LogP contribution >= 0.6 is 0 Å². The van der Waals surface area contributed by atoms with E-state index >= 15 is 0 Å². The lowest BCUT2D eigenvalue weighted by Gasteiger charge is -1.97. The van der Waals surface area contributed by atoms with Crippen molar-refractivity contribution in [2.45, 2.75) is 13.8 Å². The molecule has 0 saturated carbocycles. The van der Waals surface area contributed by atoms with Crippen molar-refractivity contribution in [3.8, 4) is 17.9 Å². The fourth-order valence-corrected chi connectivity index (χ4v) is 1.07. The quantitative estimate of drug-likeness (QED) is 0.394. The molecule has 1 rings (SSSR count). The Bertz CT molecular complexity index is 469. The van der Waals surface area contributed by atoms with Gasteiger partial charge in [-0.15, -0.1) is 0 Å². The molecule has 15 heavy (non-hydrogen) atoms. The van der Waals surface area contributed by atoms with E-state index in [1.165, 1.54) is 0 Å². The van der Waals surface area contributed by atoms with Crippen molar-refractivity contribution >= 4 is 5.78 Å². The van der Waals surface area contributed by atoms with Gasteiger partial charge in [0.05, 0.1) is 0 Å². The minimum Gasteiger partial charge on any atom is -0.277 e. The maximum atomic E-state index is 11.3. The highest BCUT2D eigenvalue weighted by atomic mass is 16.1. The summed E-state index contributed by atoms with van der Waals surface area (Å²) in [5, 5.41) is 8.54. The molecular formula is C13H11NO. The Kier molecular flexibility index (Phi) is 3.66. The van der Waals surface area contributed by atoms with E-state index < -0.39 is 5.78 Å². The number of nitriles is 1.